The van der Waals surface area contributed by atoms with Crippen LogP contribution in [0.1, 0.15) is 48.4 Å². The first-order valence-electron chi connectivity index (χ1n) is 17.7. The summed E-state index contributed by atoms with van der Waals surface area (Å²) in [5.74, 6) is -2.33. The number of amides is 1. The smallest absolute Gasteiger partial charge is 0.319 e. The molecular weight excluding hydrogens is 692 g/mol. The number of piperidine rings is 1. The van der Waals surface area contributed by atoms with Gasteiger partial charge in [-0.3, -0.25) is 14.5 Å². The molecule has 11 nitrogen and oxygen atoms in total. The van der Waals surface area contributed by atoms with Gasteiger partial charge in [-0.25, -0.2) is 17.6 Å². The Morgan fingerprint density at radius 3 is 2.66 bits per heavy atom. The number of carbonyl (C=O) groups is 1. The van der Waals surface area contributed by atoms with Crippen molar-refractivity contribution in [1.82, 2.24) is 34.5 Å². The molecule has 0 radical (unpaired) electrons. The molecule has 1 N–H and O–H groups in total. The van der Waals surface area contributed by atoms with Gasteiger partial charge in [0.1, 0.15) is 28.6 Å². The summed E-state index contributed by atoms with van der Waals surface area (Å²) in [7, 11) is 5.17. The van der Waals surface area contributed by atoms with Gasteiger partial charge in [0.25, 0.3) is 5.91 Å². The molecule has 3 aromatic heterocycles. The van der Waals surface area contributed by atoms with Gasteiger partial charge < -0.3 is 24.5 Å². The molecule has 1 saturated heterocycles. The number of benzene rings is 2. The number of aromatic hydroxyl groups is 1. The maximum atomic E-state index is 17.1. The first-order valence-corrected chi connectivity index (χ1v) is 17.7. The highest BCUT2D eigenvalue weighted by Crippen LogP contribution is 2.41. The van der Waals surface area contributed by atoms with E-state index in [1.54, 1.807) is 38.7 Å². The summed E-state index contributed by atoms with van der Waals surface area (Å²) >= 11 is 0. The number of phenolic OH excluding ortho intramolecular Hbond substituents is 1. The van der Waals surface area contributed by atoms with Crippen molar-refractivity contribution in [3.05, 3.63) is 65.1 Å². The summed E-state index contributed by atoms with van der Waals surface area (Å²) in [6, 6.07) is 7.20. The number of aromatic nitrogens is 5. The second kappa shape index (κ2) is 14.1. The van der Waals surface area contributed by atoms with Crippen LogP contribution in [0.25, 0.3) is 32.9 Å². The Morgan fingerprint density at radius 2 is 1.92 bits per heavy atom. The van der Waals surface area contributed by atoms with Crippen LogP contribution in [0, 0.1) is 23.0 Å². The third-order valence-corrected chi connectivity index (χ3v) is 10.5. The Balaban J connectivity index is 1.37. The minimum Gasteiger partial charge on any atom is -0.508 e. The van der Waals surface area contributed by atoms with Crippen LogP contribution in [0.4, 0.5) is 23.4 Å². The second-order valence-electron chi connectivity index (χ2n) is 14.6. The Labute approximate surface area is 304 Å². The van der Waals surface area contributed by atoms with Crippen LogP contribution in [-0.4, -0.2) is 99.4 Å². The summed E-state index contributed by atoms with van der Waals surface area (Å²) in [6.07, 6.45) is 0.0981. The van der Waals surface area contributed by atoms with Gasteiger partial charge in [-0.15, -0.1) is 0 Å². The zero-order valence-electron chi connectivity index (χ0n) is 30.3. The Kier molecular flexibility index (Phi) is 9.64. The fraction of sp³-hybridized carbons (Fsp3) is 0.447. The van der Waals surface area contributed by atoms with Crippen LogP contribution in [0.15, 0.2) is 36.5 Å². The molecule has 5 aromatic rings. The van der Waals surface area contributed by atoms with Crippen molar-refractivity contribution in [1.29, 1.82) is 0 Å². The van der Waals surface area contributed by atoms with Crippen LogP contribution < -0.4 is 9.64 Å². The molecule has 53 heavy (non-hydrogen) atoms. The second-order valence-corrected chi connectivity index (χ2v) is 14.6. The number of aryl methyl sites for hydroxylation is 2. The van der Waals surface area contributed by atoms with Crippen LogP contribution >= 0.6 is 0 Å². The highest BCUT2D eigenvalue weighted by atomic mass is 19.3. The number of phenols is 1. The Hall–Kier alpha value is -5.05. The number of nitrogens with zero attached hydrogens (tertiary/aromatic N) is 8. The fourth-order valence-corrected chi connectivity index (χ4v) is 7.86. The van der Waals surface area contributed by atoms with Crippen molar-refractivity contribution in [2.24, 2.45) is 11.3 Å². The number of halogens is 4. The number of ether oxygens (including phenoxy) is 1. The lowest BCUT2D eigenvalue weighted by molar-refractivity contribution is -0.0679. The van der Waals surface area contributed by atoms with E-state index in [0.29, 0.717) is 73.3 Å². The van der Waals surface area contributed by atoms with E-state index in [0.717, 1.165) is 5.69 Å². The average molecular weight is 735 g/mol. The maximum absolute atomic E-state index is 17.1. The molecule has 2 atom stereocenters. The summed E-state index contributed by atoms with van der Waals surface area (Å²) in [4.78, 5) is 31.9. The minimum absolute atomic E-state index is 0.140. The van der Waals surface area contributed by atoms with Crippen molar-refractivity contribution >= 4 is 33.4 Å². The predicted molar refractivity (Wildman–Crippen MR) is 192 cm³/mol. The van der Waals surface area contributed by atoms with Gasteiger partial charge in [-0.1, -0.05) is 19.9 Å². The zero-order valence-corrected chi connectivity index (χ0v) is 30.3. The minimum atomic E-state index is -2.56. The molecule has 2 aromatic carbocycles. The van der Waals surface area contributed by atoms with E-state index in [4.69, 9.17) is 9.72 Å². The van der Waals surface area contributed by atoms with Crippen LogP contribution in [-0.2, 0) is 19.5 Å². The lowest BCUT2D eigenvalue weighted by atomic mass is 9.73. The number of alkyl halides is 2. The van der Waals surface area contributed by atoms with Gasteiger partial charge in [-0.05, 0) is 73.5 Å². The van der Waals surface area contributed by atoms with E-state index in [9.17, 15) is 18.7 Å². The van der Waals surface area contributed by atoms with Crippen molar-refractivity contribution in [3.63, 3.8) is 0 Å². The van der Waals surface area contributed by atoms with Crippen molar-refractivity contribution in [3.8, 4) is 23.0 Å². The van der Waals surface area contributed by atoms with Gasteiger partial charge in [0.15, 0.2) is 11.5 Å². The number of carbonyl (C=O) groups excluding carboxylic acids is 1. The molecule has 2 aliphatic rings. The molecule has 0 saturated carbocycles. The first-order chi connectivity index (χ1) is 25.3. The van der Waals surface area contributed by atoms with E-state index < -0.39 is 29.4 Å². The standard InChI is InChI=1S/C38H42F4N8O3/c1-6-24-28(39)9-8-21-14-23(51)16-25(30(21)24)32-31(40)33-26(17-43-32)35(49-11-7-12-50-22(18-49)15-29(46-50)36(52)47(3)4)45-37(44-33)53-20-38(2)19-48(5)13-10-27(38)34(41)42/h8-9,14-17,27,34,51H,6-7,10-13,18-20H2,1-5H3/t27-,38+/m1/s1. The SMILES string of the molecule is CCc1c(F)ccc2cc(O)cc(-c3ncc4c(N5CCCn6nc(C(=O)N(C)C)cc6C5)nc(OC[C@]5(C)CN(C)CC[C@@H]5C(F)F)nc4c3F)c12. The predicted octanol–water partition coefficient (Wildman–Crippen LogP) is 6.30. The monoisotopic (exact) mass is 734 g/mol. The molecule has 0 aliphatic carbocycles. The largest absolute Gasteiger partial charge is 0.508 e. The summed E-state index contributed by atoms with van der Waals surface area (Å²) in [5, 5.41) is 16.4. The molecule has 0 bridgehead atoms. The fourth-order valence-electron chi connectivity index (χ4n) is 7.86. The van der Waals surface area contributed by atoms with E-state index in [1.807, 2.05) is 16.8 Å². The zero-order chi connectivity index (χ0) is 37.8. The highest BCUT2D eigenvalue weighted by Gasteiger charge is 2.44. The van der Waals surface area contributed by atoms with Crippen molar-refractivity contribution < 1.29 is 32.2 Å². The summed E-state index contributed by atoms with van der Waals surface area (Å²) in [6.45, 7) is 5.55. The van der Waals surface area contributed by atoms with Crippen molar-refractivity contribution in [2.75, 3.05) is 52.3 Å². The van der Waals surface area contributed by atoms with Gasteiger partial charge in [0, 0.05) is 56.8 Å². The lowest BCUT2D eigenvalue weighted by Gasteiger charge is -2.44. The Bertz CT molecular complexity index is 2210. The number of fused-ring (bicyclic) bond motifs is 3. The molecule has 5 heterocycles. The van der Waals surface area contributed by atoms with Crippen LogP contribution in [0.5, 0.6) is 11.8 Å². The summed E-state index contributed by atoms with van der Waals surface area (Å²) < 4.78 is 68.7. The molecule has 1 fully saturated rings. The van der Waals surface area contributed by atoms with Crippen LogP contribution in [0.2, 0.25) is 0 Å². The number of hydrogen-bond donors (Lipinski definition) is 1. The molecule has 7 rings (SSSR count). The van der Waals surface area contributed by atoms with E-state index in [1.165, 1.54) is 35.4 Å². The van der Waals surface area contributed by atoms with E-state index in [2.05, 4.69) is 15.1 Å². The topological polar surface area (TPSA) is 113 Å². The summed E-state index contributed by atoms with van der Waals surface area (Å²) in [5.41, 5.74) is 0.317. The molecule has 1 amide bonds. The molecular formula is C38H42F4N8O3. The van der Waals surface area contributed by atoms with E-state index in [-0.39, 0.29) is 53.0 Å². The van der Waals surface area contributed by atoms with Crippen LogP contribution in [0.3, 0.4) is 0 Å². The van der Waals surface area contributed by atoms with E-state index >= 15 is 8.78 Å². The maximum Gasteiger partial charge on any atom is 0.319 e. The third kappa shape index (κ3) is 6.70. The number of anilines is 1. The molecule has 2 aliphatic heterocycles. The number of pyridine rings is 1. The molecule has 15 heteroatoms. The van der Waals surface area contributed by atoms with Gasteiger partial charge in [-0.2, -0.15) is 15.1 Å². The molecule has 0 unspecified atom stereocenters. The number of rotatable bonds is 8. The van der Waals surface area contributed by atoms with Gasteiger partial charge in [0.05, 0.1) is 24.2 Å². The molecule has 0 spiro atoms. The quantitative estimate of drug-likeness (QED) is 0.184. The third-order valence-electron chi connectivity index (χ3n) is 10.5. The lowest BCUT2D eigenvalue weighted by Crippen LogP contribution is -2.51. The number of hydrogen-bond acceptors (Lipinski definition) is 9. The average Bonchev–Trinajstić information content (AvgIpc) is 3.41. The number of likely N-dealkylation sites (tertiary alicyclic amines) is 1. The first kappa shape index (κ1) is 36.3. The normalized spacial score (nSPS) is 19.5. The molecule has 280 valence electrons. The highest BCUT2D eigenvalue weighted by molar-refractivity contribution is 6.01. The van der Waals surface area contributed by atoms with Crippen molar-refractivity contribution in [2.45, 2.75) is 52.6 Å². The van der Waals surface area contributed by atoms with Gasteiger partial charge in [0.2, 0.25) is 6.43 Å². The Morgan fingerprint density at radius 1 is 1.13 bits per heavy atom. The van der Waals surface area contributed by atoms with Gasteiger partial charge >= 0.3 is 6.01 Å².